The Balaban J connectivity index is 0.00000496. The largest absolute Gasteiger partial charge is 0.507 e. The Morgan fingerprint density at radius 3 is 1.89 bits per heavy atom. The van der Waals surface area contributed by atoms with E-state index in [1.807, 2.05) is 60.8 Å². The van der Waals surface area contributed by atoms with E-state index in [2.05, 4.69) is 154 Å². The van der Waals surface area contributed by atoms with E-state index in [4.69, 9.17) is 9.97 Å². The smallest absolute Gasteiger partial charge is 0.136 e. The molecule has 0 spiro atoms. The van der Waals surface area contributed by atoms with Gasteiger partial charge in [-0.25, -0.2) is 4.98 Å². The summed E-state index contributed by atoms with van der Waals surface area (Å²) >= 11 is 0. The first-order valence-electron chi connectivity index (χ1n) is 19.1. The first-order valence-corrected chi connectivity index (χ1v) is 19.1. The Morgan fingerprint density at radius 1 is 0.579 bits per heavy atom. The quantitative estimate of drug-likeness (QED) is 0.147. The van der Waals surface area contributed by atoms with Gasteiger partial charge in [-0.1, -0.05) is 155 Å². The van der Waals surface area contributed by atoms with Crippen molar-refractivity contribution in [3.05, 3.63) is 205 Å². The molecule has 1 atom stereocenters. The summed E-state index contributed by atoms with van der Waals surface area (Å²) in [6.45, 7) is 8.89. The van der Waals surface area contributed by atoms with Gasteiger partial charge < -0.3 is 10.0 Å². The molecule has 6 aromatic carbocycles. The number of pyridine rings is 2. The third-order valence-electron chi connectivity index (χ3n) is 10.4. The zero-order chi connectivity index (χ0) is 38.6. The van der Waals surface area contributed by atoms with Crippen LogP contribution in [0, 0.1) is 6.07 Å². The summed E-state index contributed by atoms with van der Waals surface area (Å²) in [5.41, 5.74) is 12.3. The minimum atomic E-state index is -0.201. The van der Waals surface area contributed by atoms with Gasteiger partial charge in [0.25, 0.3) is 0 Å². The number of phenols is 1. The Kier molecular flexibility index (Phi) is 11.6. The van der Waals surface area contributed by atoms with Crippen molar-refractivity contribution in [2.45, 2.75) is 39.0 Å². The van der Waals surface area contributed by atoms with E-state index < -0.39 is 0 Å². The molecule has 2 heterocycles. The van der Waals surface area contributed by atoms with Crippen molar-refractivity contribution in [3.8, 4) is 50.5 Å². The zero-order valence-corrected chi connectivity index (χ0v) is 34.8. The van der Waals surface area contributed by atoms with Crippen LogP contribution >= 0.6 is 0 Å². The third kappa shape index (κ3) is 8.53. The molecule has 1 unspecified atom stereocenters. The predicted molar refractivity (Wildman–Crippen MR) is 232 cm³/mol. The van der Waals surface area contributed by atoms with E-state index in [1.54, 1.807) is 6.07 Å². The molecule has 0 aliphatic heterocycles. The number of para-hydroxylation sites is 1. The van der Waals surface area contributed by atoms with Gasteiger partial charge >= 0.3 is 0 Å². The molecule has 8 rings (SSSR count). The summed E-state index contributed by atoms with van der Waals surface area (Å²) in [6.07, 6.45) is 1.83. The summed E-state index contributed by atoms with van der Waals surface area (Å²) in [7, 11) is 0. The molecule has 0 aliphatic rings. The SMILES string of the molecule is CC(c1ccccc1)c1ccc(O)c(-c2cc(-c3ccccc3)cc(-c3[c-]c(N(c4ccccn4)c4ccccc4-c4ccccc4)cc(C(C)(C)C)c3)n2)c1.[Pt]. The third-order valence-corrected chi connectivity index (χ3v) is 10.4. The number of aromatic hydroxyl groups is 1. The maximum Gasteiger partial charge on any atom is 0.136 e. The standard InChI is InChI=1S/C52H44N3O.Pt/c1-36(37-18-8-5-9-19-37)40-27-28-50(56)46(32-40)48-34-41(38-20-10-6-11-21-38)33-47(54-48)42-30-43(52(2,3)4)35-44(31-42)55(51-26-16-17-29-53-51)49-25-15-14-24-45(49)39-22-12-7-13-23-39;/h5-30,32-36,56H,1-4H3;/q-1;. The molecular formula is C52H44N3OPt-. The molecule has 0 saturated carbocycles. The molecule has 0 bridgehead atoms. The second kappa shape index (κ2) is 17.0. The molecule has 2 aromatic heterocycles. The van der Waals surface area contributed by atoms with E-state index in [1.165, 1.54) is 5.56 Å². The minimum Gasteiger partial charge on any atom is -0.507 e. The Bertz CT molecular complexity index is 2590. The molecular weight excluding hydrogens is 878 g/mol. The number of rotatable bonds is 9. The molecule has 0 radical (unpaired) electrons. The second-order valence-electron chi connectivity index (χ2n) is 15.2. The maximum atomic E-state index is 11.4. The predicted octanol–water partition coefficient (Wildman–Crippen LogP) is 13.6. The van der Waals surface area contributed by atoms with Gasteiger partial charge in [0.1, 0.15) is 11.6 Å². The van der Waals surface area contributed by atoms with Gasteiger partial charge in [0.05, 0.1) is 11.4 Å². The summed E-state index contributed by atoms with van der Waals surface area (Å²) in [6, 6.07) is 64.1. The van der Waals surface area contributed by atoms with Crippen molar-refractivity contribution < 1.29 is 26.2 Å². The molecule has 4 nitrogen and oxygen atoms in total. The Labute approximate surface area is 350 Å². The van der Waals surface area contributed by atoms with Gasteiger partial charge in [-0.3, -0.25) is 4.98 Å². The van der Waals surface area contributed by atoms with Crippen LogP contribution in [0.25, 0.3) is 44.8 Å². The fourth-order valence-electron chi connectivity index (χ4n) is 7.21. The first-order chi connectivity index (χ1) is 27.2. The van der Waals surface area contributed by atoms with Gasteiger partial charge in [-0.05, 0) is 81.0 Å². The average Bonchev–Trinajstić information content (AvgIpc) is 3.24. The second-order valence-corrected chi connectivity index (χ2v) is 15.2. The van der Waals surface area contributed by atoms with Gasteiger partial charge in [-0.2, -0.15) is 0 Å². The van der Waals surface area contributed by atoms with Crippen LogP contribution in [0.2, 0.25) is 0 Å². The monoisotopic (exact) mass is 921 g/mol. The van der Waals surface area contributed by atoms with E-state index >= 15 is 0 Å². The van der Waals surface area contributed by atoms with E-state index in [9.17, 15) is 5.11 Å². The van der Waals surface area contributed by atoms with Crippen molar-refractivity contribution in [1.82, 2.24) is 9.97 Å². The number of anilines is 3. The van der Waals surface area contributed by atoms with Crippen molar-refractivity contribution in [2.24, 2.45) is 0 Å². The van der Waals surface area contributed by atoms with Crippen molar-refractivity contribution in [1.29, 1.82) is 0 Å². The van der Waals surface area contributed by atoms with Crippen molar-refractivity contribution in [3.63, 3.8) is 0 Å². The normalized spacial score (nSPS) is 11.7. The number of hydrogen-bond acceptors (Lipinski definition) is 4. The number of phenolic OH excluding ortho intramolecular Hbond substituents is 1. The van der Waals surface area contributed by atoms with Crippen LogP contribution < -0.4 is 4.90 Å². The molecule has 284 valence electrons. The van der Waals surface area contributed by atoms with E-state index in [0.717, 1.165) is 61.8 Å². The van der Waals surface area contributed by atoms with Crippen molar-refractivity contribution >= 4 is 17.2 Å². The summed E-state index contributed by atoms with van der Waals surface area (Å²) < 4.78 is 0. The molecule has 5 heteroatoms. The molecule has 0 fully saturated rings. The molecule has 57 heavy (non-hydrogen) atoms. The van der Waals surface area contributed by atoms with Gasteiger partial charge in [-0.15, -0.1) is 29.3 Å². The fraction of sp³-hybridized carbons (Fsp3) is 0.115. The Morgan fingerprint density at radius 2 is 1.21 bits per heavy atom. The summed E-state index contributed by atoms with van der Waals surface area (Å²) in [5, 5.41) is 11.4. The zero-order valence-electron chi connectivity index (χ0n) is 32.5. The number of benzene rings is 6. The average molecular weight is 922 g/mol. The van der Waals surface area contributed by atoms with Crippen LogP contribution in [0.3, 0.4) is 0 Å². The van der Waals surface area contributed by atoms with Gasteiger partial charge in [0.2, 0.25) is 0 Å². The summed E-state index contributed by atoms with van der Waals surface area (Å²) in [4.78, 5) is 12.4. The van der Waals surface area contributed by atoms with E-state index in [0.29, 0.717) is 11.3 Å². The molecule has 0 saturated heterocycles. The first kappa shape index (κ1) is 39.2. The van der Waals surface area contributed by atoms with Crippen molar-refractivity contribution in [2.75, 3.05) is 4.90 Å². The molecule has 8 aromatic rings. The molecule has 0 amide bonds. The summed E-state index contributed by atoms with van der Waals surface area (Å²) in [5.74, 6) is 1.10. The number of aromatic nitrogens is 2. The molecule has 0 aliphatic carbocycles. The van der Waals surface area contributed by atoms with E-state index in [-0.39, 0.29) is 38.1 Å². The van der Waals surface area contributed by atoms with Crippen LogP contribution in [0.15, 0.2) is 182 Å². The number of nitrogens with zero attached hydrogens (tertiary/aromatic N) is 3. The van der Waals surface area contributed by atoms with Crippen LogP contribution in [0.4, 0.5) is 17.2 Å². The Hall–Kier alpha value is -6.09. The molecule has 1 N–H and O–H groups in total. The van der Waals surface area contributed by atoms with Gasteiger partial charge in [0, 0.05) is 44.3 Å². The van der Waals surface area contributed by atoms with Crippen LogP contribution in [-0.2, 0) is 26.5 Å². The van der Waals surface area contributed by atoms with Crippen LogP contribution in [0.5, 0.6) is 5.75 Å². The fourth-order valence-corrected chi connectivity index (χ4v) is 7.21. The van der Waals surface area contributed by atoms with Crippen LogP contribution in [0.1, 0.15) is 50.3 Å². The van der Waals surface area contributed by atoms with Crippen LogP contribution in [-0.4, -0.2) is 15.1 Å². The minimum absolute atomic E-state index is 0. The maximum absolute atomic E-state index is 11.4. The van der Waals surface area contributed by atoms with Gasteiger partial charge in [0.15, 0.2) is 0 Å². The number of hydrogen-bond donors (Lipinski definition) is 1. The topological polar surface area (TPSA) is 49.2 Å².